The van der Waals surface area contributed by atoms with Gasteiger partial charge >= 0.3 is 0 Å². The number of aryl methyl sites for hydroxylation is 1. The van der Waals surface area contributed by atoms with E-state index in [1.807, 2.05) is 43.3 Å². The largest absolute Gasteiger partial charge is 0.457 e. The number of carbonyl (C=O) groups is 1. The van der Waals surface area contributed by atoms with Crippen LogP contribution in [0.3, 0.4) is 0 Å². The lowest BCUT2D eigenvalue weighted by molar-refractivity contribution is -0.115. The summed E-state index contributed by atoms with van der Waals surface area (Å²) in [5.74, 6) is 1.11. The molecule has 2 aromatic carbocycles. The molecule has 0 atom stereocenters. The summed E-state index contributed by atoms with van der Waals surface area (Å²) in [6, 6.07) is 14.7. The maximum atomic E-state index is 11.4. The first kappa shape index (κ1) is 15.1. The number of nitriles is 1. The SMILES string of the molecule is Cc1cc(Oc2ccc(Br)cc2)ccc1NC(=O)CC#N. The number of benzene rings is 2. The summed E-state index contributed by atoms with van der Waals surface area (Å²) in [6.45, 7) is 1.87. The van der Waals surface area contributed by atoms with Crippen LogP contribution in [0, 0.1) is 18.3 Å². The lowest BCUT2D eigenvalue weighted by atomic mass is 10.2. The summed E-state index contributed by atoms with van der Waals surface area (Å²) in [4.78, 5) is 11.4. The number of hydrogen-bond acceptors (Lipinski definition) is 3. The summed E-state index contributed by atoms with van der Waals surface area (Å²) in [6.07, 6.45) is -0.156. The van der Waals surface area contributed by atoms with Gasteiger partial charge in [-0.15, -0.1) is 0 Å². The first-order valence-electron chi connectivity index (χ1n) is 6.29. The Bertz CT molecular complexity index is 690. The zero-order valence-corrected chi connectivity index (χ0v) is 13.0. The molecule has 1 amide bonds. The molecule has 106 valence electrons. The van der Waals surface area contributed by atoms with E-state index in [-0.39, 0.29) is 12.3 Å². The lowest BCUT2D eigenvalue weighted by Crippen LogP contribution is -2.11. The van der Waals surface area contributed by atoms with Crippen LogP contribution in [0.4, 0.5) is 5.69 Å². The highest BCUT2D eigenvalue weighted by Crippen LogP contribution is 2.27. The van der Waals surface area contributed by atoms with Gasteiger partial charge in [0.05, 0.1) is 6.07 Å². The minimum atomic E-state index is -0.317. The van der Waals surface area contributed by atoms with Gasteiger partial charge in [-0.25, -0.2) is 0 Å². The zero-order chi connectivity index (χ0) is 15.2. The van der Waals surface area contributed by atoms with Crippen molar-refractivity contribution in [3.05, 3.63) is 52.5 Å². The summed E-state index contributed by atoms with van der Waals surface area (Å²) < 4.78 is 6.72. The molecule has 5 heteroatoms. The molecule has 0 heterocycles. The minimum Gasteiger partial charge on any atom is -0.457 e. The molecule has 0 unspecified atom stereocenters. The lowest BCUT2D eigenvalue weighted by Gasteiger charge is -2.10. The van der Waals surface area contributed by atoms with Crippen molar-refractivity contribution in [2.75, 3.05) is 5.32 Å². The second-order valence-corrected chi connectivity index (χ2v) is 5.33. The topological polar surface area (TPSA) is 62.1 Å². The highest BCUT2D eigenvalue weighted by Gasteiger charge is 2.06. The Morgan fingerprint density at radius 1 is 1.24 bits per heavy atom. The standard InChI is InChI=1S/C16H13BrN2O2/c1-11-10-14(21-13-4-2-12(17)3-5-13)6-7-15(11)19-16(20)8-9-18/h2-7,10H,8H2,1H3,(H,19,20). The van der Waals surface area contributed by atoms with Crippen LogP contribution >= 0.6 is 15.9 Å². The van der Waals surface area contributed by atoms with Crippen molar-refractivity contribution in [3.8, 4) is 17.6 Å². The van der Waals surface area contributed by atoms with E-state index in [0.717, 1.165) is 15.8 Å². The number of amides is 1. The van der Waals surface area contributed by atoms with E-state index in [2.05, 4.69) is 21.2 Å². The van der Waals surface area contributed by atoms with E-state index in [0.29, 0.717) is 11.4 Å². The molecule has 21 heavy (non-hydrogen) atoms. The van der Waals surface area contributed by atoms with Crippen molar-refractivity contribution in [1.29, 1.82) is 5.26 Å². The van der Waals surface area contributed by atoms with E-state index in [1.165, 1.54) is 0 Å². The average Bonchev–Trinajstić information content (AvgIpc) is 2.45. The Morgan fingerprint density at radius 2 is 1.90 bits per heavy atom. The van der Waals surface area contributed by atoms with Crippen molar-refractivity contribution in [2.24, 2.45) is 0 Å². The fraction of sp³-hybridized carbons (Fsp3) is 0.125. The predicted molar refractivity (Wildman–Crippen MR) is 84.3 cm³/mol. The van der Waals surface area contributed by atoms with Gasteiger partial charge in [0.1, 0.15) is 17.9 Å². The third-order valence-electron chi connectivity index (χ3n) is 2.76. The van der Waals surface area contributed by atoms with Crippen LogP contribution in [0.2, 0.25) is 0 Å². The maximum Gasteiger partial charge on any atom is 0.238 e. The first-order chi connectivity index (χ1) is 10.1. The van der Waals surface area contributed by atoms with E-state index in [4.69, 9.17) is 10.00 Å². The third kappa shape index (κ3) is 4.33. The van der Waals surface area contributed by atoms with Gasteiger partial charge < -0.3 is 10.1 Å². The Labute approximate surface area is 131 Å². The summed E-state index contributed by atoms with van der Waals surface area (Å²) in [7, 11) is 0. The van der Waals surface area contributed by atoms with E-state index < -0.39 is 0 Å². The number of carbonyl (C=O) groups excluding carboxylic acids is 1. The molecule has 0 spiro atoms. The molecule has 0 aromatic heterocycles. The van der Waals surface area contributed by atoms with Gasteiger partial charge in [0, 0.05) is 10.2 Å². The molecule has 0 saturated carbocycles. The quantitative estimate of drug-likeness (QED) is 0.893. The number of ether oxygens (including phenoxy) is 1. The first-order valence-corrected chi connectivity index (χ1v) is 7.08. The van der Waals surface area contributed by atoms with Crippen LogP contribution < -0.4 is 10.1 Å². The van der Waals surface area contributed by atoms with Gasteiger partial charge in [0.25, 0.3) is 0 Å². The Hall–Kier alpha value is -2.32. The van der Waals surface area contributed by atoms with Crippen LogP contribution in [-0.2, 0) is 4.79 Å². The highest BCUT2D eigenvalue weighted by atomic mass is 79.9. The van der Waals surface area contributed by atoms with Crippen LogP contribution in [-0.4, -0.2) is 5.91 Å². The molecule has 2 aromatic rings. The monoisotopic (exact) mass is 344 g/mol. The maximum absolute atomic E-state index is 11.4. The predicted octanol–water partition coefficient (Wildman–Crippen LogP) is 4.40. The van der Waals surface area contributed by atoms with Crippen molar-refractivity contribution in [1.82, 2.24) is 0 Å². The molecule has 0 saturated heterocycles. The third-order valence-corrected chi connectivity index (χ3v) is 3.29. The highest BCUT2D eigenvalue weighted by molar-refractivity contribution is 9.10. The number of nitrogens with zero attached hydrogens (tertiary/aromatic N) is 1. The number of hydrogen-bond donors (Lipinski definition) is 1. The second kappa shape index (κ2) is 6.91. The molecular formula is C16H13BrN2O2. The van der Waals surface area contributed by atoms with Crippen molar-refractivity contribution < 1.29 is 9.53 Å². The molecule has 4 nitrogen and oxygen atoms in total. The van der Waals surface area contributed by atoms with E-state index in [1.54, 1.807) is 12.1 Å². The molecular weight excluding hydrogens is 332 g/mol. The van der Waals surface area contributed by atoms with Crippen LogP contribution in [0.25, 0.3) is 0 Å². The molecule has 0 aliphatic carbocycles. The van der Waals surface area contributed by atoms with Gasteiger partial charge in [0.15, 0.2) is 0 Å². The fourth-order valence-corrected chi connectivity index (χ4v) is 2.01. The number of rotatable bonds is 4. The molecule has 0 aliphatic heterocycles. The number of halogens is 1. The summed E-state index contributed by atoms with van der Waals surface area (Å²) in [5, 5.41) is 11.2. The molecule has 0 bridgehead atoms. The van der Waals surface area contributed by atoms with Gasteiger partial charge in [0.2, 0.25) is 5.91 Å². The summed E-state index contributed by atoms with van der Waals surface area (Å²) >= 11 is 3.37. The fourth-order valence-electron chi connectivity index (χ4n) is 1.74. The van der Waals surface area contributed by atoms with Gasteiger partial charge in [-0.2, -0.15) is 5.26 Å². The van der Waals surface area contributed by atoms with Gasteiger partial charge in [-0.05, 0) is 55.0 Å². The minimum absolute atomic E-state index is 0.156. The number of nitrogens with one attached hydrogen (secondary N) is 1. The van der Waals surface area contributed by atoms with Crippen LogP contribution in [0.15, 0.2) is 46.9 Å². The summed E-state index contributed by atoms with van der Waals surface area (Å²) in [5.41, 5.74) is 1.55. The van der Waals surface area contributed by atoms with E-state index >= 15 is 0 Å². The van der Waals surface area contributed by atoms with E-state index in [9.17, 15) is 4.79 Å². The molecule has 0 fully saturated rings. The molecule has 0 radical (unpaired) electrons. The van der Waals surface area contributed by atoms with Crippen molar-refractivity contribution >= 4 is 27.5 Å². The second-order valence-electron chi connectivity index (χ2n) is 4.42. The van der Waals surface area contributed by atoms with Gasteiger partial charge in [-0.1, -0.05) is 15.9 Å². The van der Waals surface area contributed by atoms with Crippen LogP contribution in [0.5, 0.6) is 11.5 Å². The Morgan fingerprint density at radius 3 is 2.52 bits per heavy atom. The number of anilines is 1. The van der Waals surface area contributed by atoms with Crippen LogP contribution in [0.1, 0.15) is 12.0 Å². The normalized spacial score (nSPS) is 9.76. The molecule has 1 N–H and O–H groups in total. The van der Waals surface area contributed by atoms with Crippen molar-refractivity contribution in [3.63, 3.8) is 0 Å². The smallest absolute Gasteiger partial charge is 0.238 e. The zero-order valence-electron chi connectivity index (χ0n) is 11.4. The molecule has 0 aliphatic rings. The Balaban J connectivity index is 2.10. The van der Waals surface area contributed by atoms with Gasteiger partial charge in [-0.3, -0.25) is 4.79 Å². The Kier molecular flexibility index (Phi) is 4.96. The van der Waals surface area contributed by atoms with Crippen molar-refractivity contribution in [2.45, 2.75) is 13.3 Å². The average molecular weight is 345 g/mol. The molecule has 2 rings (SSSR count).